The summed E-state index contributed by atoms with van der Waals surface area (Å²) in [5.74, 6) is -0.898. The third kappa shape index (κ3) is 0.896. The van der Waals surface area contributed by atoms with Crippen molar-refractivity contribution in [2.24, 2.45) is 5.92 Å². The molecule has 1 amide bonds. The molecule has 0 aromatic heterocycles. The third-order valence-corrected chi connectivity index (χ3v) is 3.48. The van der Waals surface area contributed by atoms with Crippen LogP contribution in [0.5, 0.6) is 0 Å². The maximum absolute atomic E-state index is 11.2. The Kier molecular flexibility index (Phi) is 1.38. The topological polar surface area (TPSA) is 63.2 Å². The van der Waals surface area contributed by atoms with E-state index in [0.717, 1.165) is 0 Å². The maximum Gasteiger partial charge on any atom is 0.261 e. The molecule has 1 atom stereocenters. The normalized spacial score (nSPS) is 30.8. The van der Waals surface area contributed by atoms with Crippen molar-refractivity contribution in [2.75, 3.05) is 0 Å². The zero-order chi connectivity index (χ0) is 8.77. The molecular weight excluding hydrogens is 178 g/mol. The standard InChI is InChI=1S/C7H7NO3S/c9-7-5-3-1-2-4-6(5)12(10,11)8-7/h1-2,4-5H,3H2,(H,8,9). The van der Waals surface area contributed by atoms with Crippen LogP contribution in [0.3, 0.4) is 0 Å². The fourth-order valence-corrected chi connectivity index (χ4v) is 2.75. The number of hydrogen-bond donors (Lipinski definition) is 1. The van der Waals surface area contributed by atoms with E-state index in [9.17, 15) is 13.2 Å². The lowest BCUT2D eigenvalue weighted by Gasteiger charge is -2.06. The van der Waals surface area contributed by atoms with Crippen molar-refractivity contribution >= 4 is 15.9 Å². The Bertz CT molecular complexity index is 391. The van der Waals surface area contributed by atoms with Gasteiger partial charge in [0, 0.05) is 0 Å². The molecular formula is C7H7NO3S. The summed E-state index contributed by atoms with van der Waals surface area (Å²) in [6.45, 7) is 0. The van der Waals surface area contributed by atoms with Gasteiger partial charge in [0.2, 0.25) is 5.91 Å². The van der Waals surface area contributed by atoms with Gasteiger partial charge in [-0.05, 0) is 12.5 Å². The summed E-state index contributed by atoms with van der Waals surface area (Å²) in [4.78, 5) is 11.3. The first-order chi connectivity index (χ1) is 5.61. The molecule has 1 unspecified atom stereocenters. The summed E-state index contributed by atoms with van der Waals surface area (Å²) in [6.07, 6.45) is 5.40. The highest BCUT2D eigenvalue weighted by Gasteiger charge is 2.40. The molecule has 0 aromatic carbocycles. The van der Waals surface area contributed by atoms with Gasteiger partial charge >= 0.3 is 0 Å². The summed E-state index contributed by atoms with van der Waals surface area (Å²) in [6, 6.07) is 0. The molecule has 0 spiro atoms. The van der Waals surface area contributed by atoms with Gasteiger partial charge in [0.15, 0.2) is 0 Å². The lowest BCUT2D eigenvalue weighted by molar-refractivity contribution is -0.121. The quantitative estimate of drug-likeness (QED) is 0.573. The number of rotatable bonds is 0. The van der Waals surface area contributed by atoms with E-state index >= 15 is 0 Å². The highest BCUT2D eigenvalue weighted by molar-refractivity contribution is 7.94. The minimum absolute atomic E-state index is 0.204. The molecule has 0 saturated carbocycles. The van der Waals surface area contributed by atoms with E-state index in [4.69, 9.17) is 0 Å². The lowest BCUT2D eigenvalue weighted by atomic mass is 10.0. The second-order valence-electron chi connectivity index (χ2n) is 2.76. The second-order valence-corrected chi connectivity index (χ2v) is 4.44. The van der Waals surface area contributed by atoms with Crippen LogP contribution in [0.25, 0.3) is 0 Å². The van der Waals surface area contributed by atoms with Crippen molar-refractivity contribution in [2.45, 2.75) is 6.42 Å². The zero-order valence-corrected chi connectivity index (χ0v) is 6.97. The number of amides is 1. The first-order valence-electron chi connectivity index (χ1n) is 3.54. The Labute approximate surface area is 70.0 Å². The SMILES string of the molecule is O=C1NS(=O)(=O)C2=CC=CCC12. The number of fused-ring (bicyclic) bond motifs is 1. The van der Waals surface area contributed by atoms with Crippen LogP contribution in [0.2, 0.25) is 0 Å². The Morgan fingerprint density at radius 3 is 2.92 bits per heavy atom. The van der Waals surface area contributed by atoms with Crippen LogP contribution in [0.15, 0.2) is 23.1 Å². The number of carbonyl (C=O) groups excluding carboxylic acids is 1. The van der Waals surface area contributed by atoms with Crippen LogP contribution in [-0.2, 0) is 14.8 Å². The summed E-state index contributed by atoms with van der Waals surface area (Å²) in [5.41, 5.74) is 0. The molecule has 1 aliphatic carbocycles. The average molecular weight is 185 g/mol. The Morgan fingerprint density at radius 1 is 1.50 bits per heavy atom. The number of sulfonamides is 1. The zero-order valence-electron chi connectivity index (χ0n) is 6.15. The molecule has 0 bridgehead atoms. The third-order valence-electron chi connectivity index (χ3n) is 1.97. The molecule has 2 aliphatic rings. The largest absolute Gasteiger partial charge is 0.273 e. The van der Waals surface area contributed by atoms with Crippen LogP contribution in [0, 0.1) is 5.92 Å². The van der Waals surface area contributed by atoms with Crippen molar-refractivity contribution in [3.05, 3.63) is 23.1 Å². The van der Waals surface area contributed by atoms with Gasteiger partial charge in [-0.3, -0.25) is 4.79 Å². The Balaban J connectivity index is 2.57. The summed E-state index contributed by atoms with van der Waals surface area (Å²) < 4.78 is 24.3. The molecule has 0 radical (unpaired) electrons. The van der Waals surface area contributed by atoms with Crippen LogP contribution in [-0.4, -0.2) is 14.3 Å². The van der Waals surface area contributed by atoms with Crippen LogP contribution in [0.4, 0.5) is 0 Å². The highest BCUT2D eigenvalue weighted by Crippen LogP contribution is 2.29. The van der Waals surface area contributed by atoms with E-state index in [1.54, 1.807) is 12.2 Å². The van der Waals surface area contributed by atoms with E-state index in [-0.39, 0.29) is 4.91 Å². The van der Waals surface area contributed by atoms with E-state index in [1.807, 2.05) is 4.72 Å². The number of carbonyl (C=O) groups is 1. The molecule has 1 heterocycles. The van der Waals surface area contributed by atoms with Gasteiger partial charge in [0.05, 0.1) is 10.8 Å². The van der Waals surface area contributed by atoms with E-state index in [1.165, 1.54) is 6.08 Å². The maximum atomic E-state index is 11.2. The van der Waals surface area contributed by atoms with Crippen LogP contribution < -0.4 is 4.72 Å². The summed E-state index contributed by atoms with van der Waals surface area (Å²) >= 11 is 0. The van der Waals surface area contributed by atoms with Crippen molar-refractivity contribution in [3.63, 3.8) is 0 Å². The first kappa shape index (κ1) is 7.54. The minimum Gasteiger partial charge on any atom is -0.273 e. The number of hydrogen-bond acceptors (Lipinski definition) is 3. The average Bonchev–Trinajstić information content (AvgIpc) is 2.25. The van der Waals surface area contributed by atoms with E-state index in [0.29, 0.717) is 6.42 Å². The summed E-state index contributed by atoms with van der Waals surface area (Å²) in [7, 11) is -3.49. The molecule has 1 N–H and O–H groups in total. The van der Waals surface area contributed by atoms with Crippen LogP contribution in [0.1, 0.15) is 6.42 Å². The Hall–Kier alpha value is -1.10. The van der Waals surface area contributed by atoms with Crippen molar-refractivity contribution in [1.29, 1.82) is 0 Å². The molecule has 1 fully saturated rings. The monoisotopic (exact) mass is 185 g/mol. The minimum atomic E-state index is -3.49. The number of nitrogens with one attached hydrogen (secondary N) is 1. The first-order valence-corrected chi connectivity index (χ1v) is 5.03. The van der Waals surface area contributed by atoms with Gasteiger partial charge in [-0.1, -0.05) is 12.2 Å². The molecule has 1 saturated heterocycles. The van der Waals surface area contributed by atoms with Gasteiger partial charge in [0.1, 0.15) is 0 Å². The van der Waals surface area contributed by atoms with Crippen molar-refractivity contribution in [1.82, 2.24) is 4.72 Å². The predicted octanol–water partition coefficient (Wildman–Crippen LogP) is -0.0940. The number of allylic oxidation sites excluding steroid dienone is 3. The summed E-state index contributed by atoms with van der Waals surface area (Å²) in [5, 5.41) is 0. The molecule has 64 valence electrons. The highest BCUT2D eigenvalue weighted by atomic mass is 32.2. The molecule has 2 rings (SSSR count). The molecule has 4 nitrogen and oxygen atoms in total. The Morgan fingerprint density at radius 2 is 2.25 bits per heavy atom. The van der Waals surface area contributed by atoms with Crippen molar-refractivity contribution < 1.29 is 13.2 Å². The van der Waals surface area contributed by atoms with E-state index < -0.39 is 21.8 Å². The molecule has 0 aromatic rings. The smallest absolute Gasteiger partial charge is 0.261 e. The van der Waals surface area contributed by atoms with Crippen LogP contribution >= 0.6 is 0 Å². The van der Waals surface area contributed by atoms with Gasteiger partial charge in [-0.2, -0.15) is 0 Å². The lowest BCUT2D eigenvalue weighted by Crippen LogP contribution is -2.21. The van der Waals surface area contributed by atoms with Gasteiger partial charge in [-0.25, -0.2) is 13.1 Å². The molecule has 1 aliphatic heterocycles. The predicted molar refractivity (Wildman–Crippen MR) is 42.4 cm³/mol. The van der Waals surface area contributed by atoms with E-state index in [2.05, 4.69) is 0 Å². The van der Waals surface area contributed by atoms with Gasteiger partial charge in [-0.15, -0.1) is 0 Å². The van der Waals surface area contributed by atoms with Crippen molar-refractivity contribution in [3.8, 4) is 0 Å². The van der Waals surface area contributed by atoms with Gasteiger partial charge in [0.25, 0.3) is 10.0 Å². The fourth-order valence-electron chi connectivity index (χ4n) is 1.39. The molecule has 12 heavy (non-hydrogen) atoms. The molecule has 5 heteroatoms. The second kappa shape index (κ2) is 2.20. The van der Waals surface area contributed by atoms with Gasteiger partial charge < -0.3 is 0 Å². The fraction of sp³-hybridized carbons (Fsp3) is 0.286.